The summed E-state index contributed by atoms with van der Waals surface area (Å²) < 4.78 is 128. The van der Waals surface area contributed by atoms with E-state index in [0.717, 1.165) is 6.92 Å². The van der Waals surface area contributed by atoms with Crippen molar-refractivity contribution in [1.82, 2.24) is 0 Å². The Hall–Kier alpha value is -2.07. The van der Waals surface area contributed by atoms with E-state index < -0.39 is 36.4 Å². The molecule has 0 saturated heterocycles. The van der Waals surface area contributed by atoms with Crippen LogP contribution in [-0.2, 0) is 5.67 Å². The lowest BCUT2D eigenvalue weighted by Gasteiger charge is -2.31. The molecule has 0 unspecified atom stereocenters. The van der Waals surface area contributed by atoms with Crippen molar-refractivity contribution in [3.05, 3.63) is 34.3 Å². The average molecular weight is 374 g/mol. The smallest absolute Gasteiger partial charge is 0.418 e. The number of halogens is 11. The van der Waals surface area contributed by atoms with Crippen LogP contribution in [0.5, 0.6) is 0 Å². The van der Waals surface area contributed by atoms with E-state index in [1.165, 1.54) is 0 Å². The number of hydrogen-bond donors (Lipinski definition) is 0. The summed E-state index contributed by atoms with van der Waals surface area (Å²) in [6.07, 6.45) is -12.3. The quantitative estimate of drug-likeness (QED) is 0.333. The Morgan fingerprint density at radius 3 is 1.50 bits per heavy atom. The van der Waals surface area contributed by atoms with Crippen LogP contribution in [0.25, 0.3) is 4.98 Å². The first-order valence-electron chi connectivity index (χ1n) is 5.61. The highest BCUT2D eigenvalue weighted by molar-refractivity contribution is 6.50. The van der Waals surface area contributed by atoms with Crippen LogP contribution in [0.3, 0.4) is 0 Å². The number of rotatable bonds is 1. The second-order valence-corrected chi connectivity index (χ2v) is 4.25. The summed E-state index contributed by atoms with van der Waals surface area (Å²) in [5.74, 6) is 0. The second kappa shape index (κ2) is 6.82. The summed E-state index contributed by atoms with van der Waals surface area (Å²) in [6, 6.07) is 1.65. The fraction of sp³-hybridized carbons (Fsp3) is 0.400. The van der Waals surface area contributed by atoms with Gasteiger partial charge in [0.1, 0.15) is 0 Å². The van der Waals surface area contributed by atoms with Gasteiger partial charge in [0.15, 0.2) is 4.98 Å². The zero-order valence-corrected chi connectivity index (χ0v) is 11.4. The van der Waals surface area contributed by atoms with E-state index in [-0.39, 0.29) is 5.69 Å². The van der Waals surface area contributed by atoms with E-state index in [1.807, 2.05) is 0 Å². The molecule has 1 rings (SSSR count). The zero-order valence-electron chi connectivity index (χ0n) is 11.4. The van der Waals surface area contributed by atoms with Gasteiger partial charge in [-0.05, 0) is 18.6 Å². The van der Waals surface area contributed by atoms with Crippen molar-refractivity contribution in [1.29, 1.82) is 5.39 Å². The number of nitrogens with zero attached hydrogens (tertiary/aromatic N) is 2. The van der Waals surface area contributed by atoms with Crippen LogP contribution in [0.1, 0.15) is 11.1 Å². The highest BCUT2D eigenvalue weighted by Gasteiger charge is 2.73. The van der Waals surface area contributed by atoms with Crippen molar-refractivity contribution in [3.63, 3.8) is 0 Å². The first-order chi connectivity index (χ1) is 10.4. The second-order valence-electron chi connectivity index (χ2n) is 4.25. The molecular formula is C10H6BF11N2. The highest BCUT2D eigenvalue weighted by atomic mass is 19.5. The molecule has 0 N–H and O–H groups in total. The van der Waals surface area contributed by atoms with Gasteiger partial charge in [0.25, 0.3) is 0 Å². The van der Waals surface area contributed by atoms with Crippen LogP contribution in [0.15, 0.2) is 18.2 Å². The number of aryl methyl sites for hydroxylation is 1. The van der Waals surface area contributed by atoms with E-state index in [2.05, 4.69) is 4.98 Å². The maximum absolute atomic E-state index is 13.7. The molecule has 1 aromatic rings. The minimum atomic E-state index is -6.16. The van der Waals surface area contributed by atoms with E-state index in [9.17, 15) is 48.0 Å². The molecule has 0 aliphatic carbocycles. The summed E-state index contributed by atoms with van der Waals surface area (Å²) in [5, 5.41) is 8.36. The topological polar surface area (TPSA) is 28.1 Å². The van der Waals surface area contributed by atoms with Crippen LogP contribution < -0.4 is 0 Å². The van der Waals surface area contributed by atoms with Crippen molar-refractivity contribution in [2.24, 2.45) is 0 Å². The van der Waals surface area contributed by atoms with Crippen molar-refractivity contribution in [2.45, 2.75) is 24.9 Å². The Bertz CT molecular complexity index is 591. The van der Waals surface area contributed by atoms with Crippen molar-refractivity contribution >= 4 is 12.9 Å². The van der Waals surface area contributed by atoms with Gasteiger partial charge in [0.05, 0.1) is 0 Å². The van der Waals surface area contributed by atoms with Crippen LogP contribution >= 0.6 is 0 Å². The SMILES string of the molecule is Cc1cc([N+]#N)ccc1C(F)(C(F)(F)F)C(F)(F)F.F[B-](F)(F)F. The molecule has 0 spiro atoms. The van der Waals surface area contributed by atoms with E-state index in [0.29, 0.717) is 18.2 Å². The number of diazo groups is 1. The van der Waals surface area contributed by atoms with Crippen LogP contribution in [-0.4, -0.2) is 19.6 Å². The lowest BCUT2D eigenvalue weighted by molar-refractivity contribution is -0.348. The van der Waals surface area contributed by atoms with Gasteiger partial charge in [-0.1, -0.05) is 0 Å². The molecule has 0 radical (unpaired) electrons. The maximum atomic E-state index is 13.7. The Kier molecular flexibility index (Phi) is 6.23. The zero-order chi connectivity index (χ0) is 19.6. The van der Waals surface area contributed by atoms with Gasteiger partial charge in [0, 0.05) is 17.7 Å². The molecule has 14 heteroatoms. The normalized spacial score (nSPS) is 13.0. The third-order valence-electron chi connectivity index (χ3n) is 2.48. The van der Waals surface area contributed by atoms with Gasteiger partial charge in [-0.3, -0.25) is 0 Å². The minimum Gasteiger partial charge on any atom is -0.418 e. The molecule has 0 fully saturated rings. The maximum Gasteiger partial charge on any atom is 0.673 e. The number of hydrogen-bond acceptors (Lipinski definition) is 1. The molecule has 0 amide bonds. The molecule has 0 saturated carbocycles. The molecule has 136 valence electrons. The Morgan fingerprint density at radius 2 is 1.25 bits per heavy atom. The molecule has 0 aromatic heterocycles. The van der Waals surface area contributed by atoms with E-state index in [4.69, 9.17) is 5.39 Å². The fourth-order valence-electron chi connectivity index (χ4n) is 1.56. The average Bonchev–Trinajstić information content (AvgIpc) is 2.32. The van der Waals surface area contributed by atoms with Gasteiger partial charge < -0.3 is 17.3 Å². The Morgan fingerprint density at radius 1 is 0.875 bits per heavy atom. The number of alkyl halides is 7. The summed E-state index contributed by atoms with van der Waals surface area (Å²) in [5.41, 5.74) is -7.97. The van der Waals surface area contributed by atoms with Gasteiger partial charge in [0.2, 0.25) is 5.39 Å². The molecule has 1 aromatic carbocycles. The van der Waals surface area contributed by atoms with Crippen LogP contribution in [0.2, 0.25) is 0 Å². The van der Waals surface area contributed by atoms with Crippen molar-refractivity contribution < 1.29 is 48.0 Å². The van der Waals surface area contributed by atoms with Crippen LogP contribution in [0.4, 0.5) is 53.7 Å². The molecule has 0 aliphatic rings. The molecule has 0 aliphatic heterocycles. The lowest BCUT2D eigenvalue weighted by Crippen LogP contribution is -2.50. The molecule has 0 bridgehead atoms. The fourth-order valence-corrected chi connectivity index (χ4v) is 1.56. The van der Waals surface area contributed by atoms with Crippen molar-refractivity contribution in [3.8, 4) is 0 Å². The highest BCUT2D eigenvalue weighted by Crippen LogP contribution is 2.54. The third kappa shape index (κ3) is 5.24. The summed E-state index contributed by atoms with van der Waals surface area (Å²) in [6.45, 7) is 0.857. The Labute approximate surface area is 127 Å². The molecule has 24 heavy (non-hydrogen) atoms. The predicted octanol–water partition coefficient (Wildman–Crippen LogP) is 6.07. The first kappa shape index (κ1) is 21.9. The van der Waals surface area contributed by atoms with Gasteiger partial charge in [-0.2, -0.15) is 26.3 Å². The first-order valence-corrected chi connectivity index (χ1v) is 5.61. The largest absolute Gasteiger partial charge is 0.673 e. The minimum absolute atomic E-state index is 0.284. The third-order valence-corrected chi connectivity index (χ3v) is 2.48. The monoisotopic (exact) mass is 374 g/mol. The lowest BCUT2D eigenvalue weighted by atomic mass is 9.90. The summed E-state index contributed by atoms with van der Waals surface area (Å²) in [7, 11) is -6.00. The standard InChI is InChI=1S/C10H6F7N2.BF4/c1-5-4-6(19-18)2-3-7(5)8(11,9(12,13)14)10(15,16)17;2-1(3,4)5/h2-4H,1H3;/q+1;-1. The molecular weight excluding hydrogens is 368 g/mol. The van der Waals surface area contributed by atoms with Gasteiger partial charge >= 0.3 is 31.0 Å². The molecule has 0 heterocycles. The molecule has 0 atom stereocenters. The van der Waals surface area contributed by atoms with Gasteiger partial charge in [-0.15, -0.1) is 0 Å². The number of benzene rings is 1. The van der Waals surface area contributed by atoms with E-state index >= 15 is 0 Å². The Balaban J connectivity index is 0.000000922. The summed E-state index contributed by atoms with van der Waals surface area (Å²) in [4.78, 5) is 2.59. The van der Waals surface area contributed by atoms with Gasteiger partial charge in [-0.25, -0.2) is 4.39 Å². The molecule has 2 nitrogen and oxygen atoms in total. The summed E-state index contributed by atoms with van der Waals surface area (Å²) >= 11 is 0. The van der Waals surface area contributed by atoms with E-state index in [1.54, 1.807) is 0 Å². The van der Waals surface area contributed by atoms with Crippen molar-refractivity contribution in [2.75, 3.05) is 0 Å². The van der Waals surface area contributed by atoms with Crippen LogP contribution in [0, 0.1) is 12.3 Å². The predicted molar refractivity (Wildman–Crippen MR) is 61.0 cm³/mol.